The highest BCUT2D eigenvalue weighted by molar-refractivity contribution is 5.92. The molecular weight excluding hydrogens is 269 g/mol. The van der Waals surface area contributed by atoms with Gasteiger partial charge in [0, 0.05) is 24.8 Å². The summed E-state index contributed by atoms with van der Waals surface area (Å²) >= 11 is 0. The number of benzene rings is 1. The van der Waals surface area contributed by atoms with E-state index in [0.29, 0.717) is 12.1 Å². The summed E-state index contributed by atoms with van der Waals surface area (Å²) in [4.78, 5) is 14.1. The van der Waals surface area contributed by atoms with Crippen LogP contribution in [0.15, 0.2) is 42.6 Å². The maximum Gasteiger partial charge on any atom is 0.274 e. The zero-order valence-electron chi connectivity index (χ0n) is 12.0. The third kappa shape index (κ3) is 4.08. The lowest BCUT2D eigenvalue weighted by molar-refractivity contribution is 0.0732. The minimum absolute atomic E-state index is 0.222. The summed E-state index contributed by atoms with van der Waals surface area (Å²) < 4.78 is 13.8. The fourth-order valence-electron chi connectivity index (χ4n) is 2.01. The molecule has 1 amide bonds. The molecule has 0 spiro atoms. The van der Waals surface area contributed by atoms with E-state index in [9.17, 15) is 9.18 Å². The third-order valence-corrected chi connectivity index (χ3v) is 3.18. The highest BCUT2D eigenvalue weighted by Gasteiger charge is 2.18. The molecule has 0 saturated carbocycles. The van der Waals surface area contributed by atoms with Crippen LogP contribution in [-0.2, 0) is 6.54 Å². The van der Waals surface area contributed by atoms with Crippen molar-refractivity contribution in [1.82, 2.24) is 15.1 Å². The number of aromatic nitrogens is 2. The van der Waals surface area contributed by atoms with Crippen LogP contribution in [0.25, 0.3) is 0 Å². The van der Waals surface area contributed by atoms with Crippen molar-refractivity contribution < 1.29 is 9.18 Å². The number of nitrogens with zero attached hydrogens (tertiary/aromatic N) is 3. The molecule has 1 heterocycles. The topological polar surface area (TPSA) is 46.1 Å². The second kappa shape index (κ2) is 7.47. The zero-order valence-corrected chi connectivity index (χ0v) is 12.0. The smallest absolute Gasteiger partial charge is 0.274 e. The van der Waals surface area contributed by atoms with Gasteiger partial charge in [-0.05, 0) is 24.6 Å². The number of hydrogen-bond donors (Lipinski definition) is 0. The Morgan fingerprint density at radius 3 is 2.71 bits per heavy atom. The Kier molecular flexibility index (Phi) is 5.37. The monoisotopic (exact) mass is 287 g/mol. The number of hydrogen-bond acceptors (Lipinski definition) is 3. The third-order valence-electron chi connectivity index (χ3n) is 3.18. The molecule has 0 saturated heterocycles. The van der Waals surface area contributed by atoms with Crippen molar-refractivity contribution in [2.24, 2.45) is 0 Å². The number of carbonyl (C=O) groups is 1. The van der Waals surface area contributed by atoms with Crippen molar-refractivity contribution in [2.45, 2.75) is 26.3 Å². The fraction of sp³-hybridized carbons (Fsp3) is 0.312. The van der Waals surface area contributed by atoms with Crippen LogP contribution in [0.4, 0.5) is 4.39 Å². The Bertz CT molecular complexity index is 589. The van der Waals surface area contributed by atoms with Crippen molar-refractivity contribution in [2.75, 3.05) is 6.54 Å². The zero-order chi connectivity index (χ0) is 15.1. The molecule has 2 aromatic rings. The summed E-state index contributed by atoms with van der Waals surface area (Å²) in [5.41, 5.74) is 0.788. The van der Waals surface area contributed by atoms with Crippen LogP contribution in [0.1, 0.15) is 35.8 Å². The number of halogens is 1. The van der Waals surface area contributed by atoms with Crippen LogP contribution in [0.3, 0.4) is 0 Å². The van der Waals surface area contributed by atoms with Gasteiger partial charge in [0.1, 0.15) is 5.82 Å². The highest BCUT2D eigenvalue weighted by Crippen LogP contribution is 2.13. The molecule has 0 fully saturated rings. The first-order chi connectivity index (χ1) is 10.2. The van der Waals surface area contributed by atoms with Gasteiger partial charge in [-0.1, -0.05) is 31.5 Å². The summed E-state index contributed by atoms with van der Waals surface area (Å²) in [6.07, 6.45) is 3.34. The Morgan fingerprint density at radius 1 is 1.24 bits per heavy atom. The van der Waals surface area contributed by atoms with E-state index in [1.165, 1.54) is 12.3 Å². The van der Waals surface area contributed by atoms with Crippen LogP contribution in [0.2, 0.25) is 0 Å². The summed E-state index contributed by atoms with van der Waals surface area (Å²) in [5.74, 6) is -0.522. The van der Waals surface area contributed by atoms with Gasteiger partial charge in [-0.3, -0.25) is 4.79 Å². The second-order valence-corrected chi connectivity index (χ2v) is 4.78. The molecule has 0 bridgehead atoms. The quantitative estimate of drug-likeness (QED) is 0.820. The molecule has 5 heteroatoms. The minimum atomic E-state index is -0.300. The van der Waals surface area contributed by atoms with Crippen LogP contribution in [-0.4, -0.2) is 27.5 Å². The summed E-state index contributed by atoms with van der Waals surface area (Å²) in [6, 6.07) is 9.79. The van der Waals surface area contributed by atoms with E-state index in [2.05, 4.69) is 10.2 Å². The molecule has 0 radical (unpaired) electrons. The van der Waals surface area contributed by atoms with Gasteiger partial charge in [0.2, 0.25) is 0 Å². The lowest BCUT2D eigenvalue weighted by Gasteiger charge is -2.22. The van der Waals surface area contributed by atoms with Crippen molar-refractivity contribution in [1.29, 1.82) is 0 Å². The molecule has 0 aliphatic rings. The molecule has 0 aliphatic heterocycles. The maximum absolute atomic E-state index is 13.8. The summed E-state index contributed by atoms with van der Waals surface area (Å²) in [7, 11) is 0. The molecule has 110 valence electrons. The molecule has 2 rings (SSSR count). The Balaban J connectivity index is 2.18. The number of unbranched alkanes of at least 4 members (excludes halogenated alkanes) is 1. The van der Waals surface area contributed by atoms with E-state index < -0.39 is 0 Å². The van der Waals surface area contributed by atoms with Crippen LogP contribution < -0.4 is 0 Å². The number of rotatable bonds is 6. The van der Waals surface area contributed by atoms with Crippen molar-refractivity contribution >= 4 is 5.91 Å². The molecular formula is C16H18FN3O. The van der Waals surface area contributed by atoms with E-state index in [0.717, 1.165) is 12.8 Å². The molecule has 0 atom stereocenters. The van der Waals surface area contributed by atoms with Gasteiger partial charge in [-0.2, -0.15) is 5.10 Å². The summed E-state index contributed by atoms with van der Waals surface area (Å²) in [6.45, 7) is 2.86. The largest absolute Gasteiger partial charge is 0.333 e. The van der Waals surface area contributed by atoms with Gasteiger partial charge in [0.15, 0.2) is 5.69 Å². The Morgan fingerprint density at radius 2 is 2.05 bits per heavy atom. The average molecular weight is 287 g/mol. The van der Waals surface area contributed by atoms with Crippen molar-refractivity contribution in [3.63, 3.8) is 0 Å². The molecule has 0 N–H and O–H groups in total. The summed E-state index contributed by atoms with van der Waals surface area (Å²) in [5, 5.41) is 7.56. The first-order valence-electron chi connectivity index (χ1n) is 7.02. The second-order valence-electron chi connectivity index (χ2n) is 4.78. The SMILES string of the molecule is CCCCN(Cc1ccccc1F)C(=O)c1cccnn1. The Hall–Kier alpha value is -2.30. The lowest BCUT2D eigenvalue weighted by atomic mass is 10.1. The number of carbonyl (C=O) groups excluding carboxylic acids is 1. The van der Waals surface area contributed by atoms with E-state index in [-0.39, 0.29) is 24.0 Å². The average Bonchev–Trinajstić information content (AvgIpc) is 2.53. The van der Waals surface area contributed by atoms with E-state index in [1.54, 1.807) is 35.2 Å². The van der Waals surface area contributed by atoms with Crippen LogP contribution in [0.5, 0.6) is 0 Å². The van der Waals surface area contributed by atoms with Gasteiger partial charge in [-0.15, -0.1) is 5.10 Å². The minimum Gasteiger partial charge on any atom is -0.333 e. The first kappa shape index (κ1) is 15.1. The molecule has 0 unspecified atom stereocenters. The van der Waals surface area contributed by atoms with Crippen LogP contribution >= 0.6 is 0 Å². The fourth-order valence-corrected chi connectivity index (χ4v) is 2.01. The molecule has 4 nitrogen and oxygen atoms in total. The maximum atomic E-state index is 13.8. The van der Waals surface area contributed by atoms with E-state index >= 15 is 0 Å². The van der Waals surface area contributed by atoms with Crippen LogP contribution in [0, 0.1) is 5.82 Å². The lowest BCUT2D eigenvalue weighted by Crippen LogP contribution is -2.32. The van der Waals surface area contributed by atoms with E-state index in [1.807, 2.05) is 6.92 Å². The predicted molar refractivity (Wildman–Crippen MR) is 78.1 cm³/mol. The van der Waals surface area contributed by atoms with Gasteiger partial charge < -0.3 is 4.90 Å². The molecule has 0 aliphatic carbocycles. The van der Waals surface area contributed by atoms with Gasteiger partial charge in [0.25, 0.3) is 5.91 Å². The van der Waals surface area contributed by atoms with E-state index in [4.69, 9.17) is 0 Å². The first-order valence-corrected chi connectivity index (χ1v) is 7.02. The molecule has 1 aromatic heterocycles. The van der Waals surface area contributed by atoms with Crippen molar-refractivity contribution in [3.05, 3.63) is 59.7 Å². The van der Waals surface area contributed by atoms with Gasteiger partial charge in [-0.25, -0.2) is 4.39 Å². The van der Waals surface area contributed by atoms with Gasteiger partial charge >= 0.3 is 0 Å². The number of amides is 1. The highest BCUT2D eigenvalue weighted by atomic mass is 19.1. The molecule has 21 heavy (non-hydrogen) atoms. The molecule has 1 aromatic carbocycles. The normalized spacial score (nSPS) is 10.4. The Labute approximate surface area is 123 Å². The standard InChI is InChI=1S/C16H18FN3O/c1-2-3-11-20(12-13-7-4-5-8-14(13)17)16(21)15-9-6-10-18-19-15/h4-10H,2-3,11-12H2,1H3. The van der Waals surface area contributed by atoms with Gasteiger partial charge in [0.05, 0.1) is 0 Å². The van der Waals surface area contributed by atoms with Crippen molar-refractivity contribution in [3.8, 4) is 0 Å². The predicted octanol–water partition coefficient (Wildman–Crippen LogP) is 3.06.